The van der Waals surface area contributed by atoms with Crippen LogP contribution in [0.5, 0.6) is 11.6 Å². The molecular weight excluding hydrogens is 380 g/mol. The van der Waals surface area contributed by atoms with E-state index in [1.807, 2.05) is 0 Å². The van der Waals surface area contributed by atoms with E-state index in [1.165, 1.54) is 11.9 Å². The number of anilines is 2. The predicted molar refractivity (Wildman–Crippen MR) is 84.3 cm³/mol. The second kappa shape index (κ2) is 7.89. The van der Waals surface area contributed by atoms with Crippen LogP contribution in [0.1, 0.15) is 12.5 Å². The number of halogens is 6. The Labute approximate surface area is 150 Å². The molecule has 1 aromatic heterocycles. The highest BCUT2D eigenvalue weighted by Gasteiger charge is 2.38. The summed E-state index contributed by atoms with van der Waals surface area (Å²) in [5.74, 6) is -0.964. The predicted octanol–water partition coefficient (Wildman–Crippen LogP) is 4.60. The molecule has 148 valence electrons. The summed E-state index contributed by atoms with van der Waals surface area (Å²) in [4.78, 5) is 8.42. The van der Waals surface area contributed by atoms with Crippen LogP contribution in [0.3, 0.4) is 0 Å². The van der Waals surface area contributed by atoms with Gasteiger partial charge >= 0.3 is 12.4 Å². The van der Waals surface area contributed by atoms with Crippen molar-refractivity contribution >= 4 is 11.6 Å². The summed E-state index contributed by atoms with van der Waals surface area (Å²) < 4.78 is 85.6. The van der Waals surface area contributed by atoms with Crippen molar-refractivity contribution in [1.82, 2.24) is 9.97 Å². The summed E-state index contributed by atoms with van der Waals surface area (Å²) in [6, 6.07) is 6.51. The average Bonchev–Trinajstić information content (AvgIpc) is 2.58. The molecule has 2 rings (SSSR count). The van der Waals surface area contributed by atoms with Crippen molar-refractivity contribution in [3.05, 3.63) is 36.0 Å². The fourth-order valence-electron chi connectivity index (χ4n) is 2.04. The lowest BCUT2D eigenvalue weighted by Gasteiger charge is -2.20. The Morgan fingerprint density at radius 1 is 1.07 bits per heavy atom. The second-order valence-electron chi connectivity index (χ2n) is 5.28. The van der Waals surface area contributed by atoms with Crippen LogP contribution in [-0.2, 0) is 6.18 Å². The maximum Gasteiger partial charge on any atom is 0.423 e. The summed E-state index contributed by atoms with van der Waals surface area (Å²) in [6.07, 6.45) is -9.39. The number of hydrogen-bond donors (Lipinski definition) is 0. The summed E-state index contributed by atoms with van der Waals surface area (Å²) in [5.41, 5.74) is -1.03. The van der Waals surface area contributed by atoms with Gasteiger partial charge in [-0.3, -0.25) is 0 Å². The molecule has 1 heterocycles. The molecule has 5 nitrogen and oxygen atoms in total. The van der Waals surface area contributed by atoms with E-state index in [1.54, 1.807) is 31.2 Å². The smallest absolute Gasteiger partial charge is 0.423 e. The Morgan fingerprint density at radius 3 is 2.37 bits per heavy atom. The molecule has 0 aliphatic carbocycles. The molecule has 0 radical (unpaired) electrons. The lowest BCUT2D eigenvalue weighted by Crippen LogP contribution is -2.23. The van der Waals surface area contributed by atoms with E-state index in [0.29, 0.717) is 24.2 Å². The number of alkyl halides is 6. The van der Waals surface area contributed by atoms with E-state index >= 15 is 0 Å². The molecule has 11 heteroatoms. The third kappa shape index (κ3) is 5.63. The minimum Gasteiger partial charge on any atom is -0.494 e. The van der Waals surface area contributed by atoms with Gasteiger partial charge in [0.1, 0.15) is 11.3 Å². The first-order valence-corrected chi connectivity index (χ1v) is 7.61. The van der Waals surface area contributed by atoms with Crippen molar-refractivity contribution in [3.8, 4) is 11.6 Å². The van der Waals surface area contributed by atoms with Gasteiger partial charge in [-0.05, 0) is 19.1 Å². The highest BCUT2D eigenvalue weighted by molar-refractivity contribution is 5.59. The average molecular weight is 395 g/mol. The summed E-state index contributed by atoms with van der Waals surface area (Å²) in [5, 5.41) is 0. The van der Waals surface area contributed by atoms with Crippen LogP contribution in [0.2, 0.25) is 0 Å². The van der Waals surface area contributed by atoms with Crippen LogP contribution in [0, 0.1) is 0 Å². The van der Waals surface area contributed by atoms with E-state index < -0.39 is 30.4 Å². The van der Waals surface area contributed by atoms with Crippen molar-refractivity contribution < 1.29 is 35.8 Å². The van der Waals surface area contributed by atoms with E-state index in [0.717, 1.165) is 0 Å². The highest BCUT2D eigenvalue weighted by atomic mass is 19.4. The lowest BCUT2D eigenvalue weighted by molar-refractivity contribution is -0.159. The van der Waals surface area contributed by atoms with Crippen LogP contribution in [0.25, 0.3) is 0 Å². The number of rotatable bonds is 6. The molecule has 0 spiro atoms. The van der Waals surface area contributed by atoms with E-state index in [4.69, 9.17) is 4.74 Å². The molecule has 0 saturated heterocycles. The second-order valence-corrected chi connectivity index (χ2v) is 5.28. The summed E-state index contributed by atoms with van der Waals surface area (Å²) in [7, 11) is 1.45. The largest absolute Gasteiger partial charge is 0.494 e. The minimum absolute atomic E-state index is 0.270. The molecule has 27 heavy (non-hydrogen) atoms. The van der Waals surface area contributed by atoms with Gasteiger partial charge in [-0.15, -0.1) is 0 Å². The van der Waals surface area contributed by atoms with Gasteiger partial charge in [0.2, 0.25) is 11.8 Å². The highest BCUT2D eigenvalue weighted by Crippen LogP contribution is 2.36. The molecule has 0 saturated carbocycles. The number of aromatic nitrogens is 2. The van der Waals surface area contributed by atoms with Crippen molar-refractivity contribution in [2.75, 3.05) is 25.2 Å². The van der Waals surface area contributed by atoms with Crippen molar-refractivity contribution in [2.24, 2.45) is 0 Å². The number of benzene rings is 1. The van der Waals surface area contributed by atoms with Gasteiger partial charge in [0.25, 0.3) is 0 Å². The first-order chi connectivity index (χ1) is 12.5. The van der Waals surface area contributed by atoms with Gasteiger partial charge in [0, 0.05) is 25.0 Å². The fourth-order valence-corrected chi connectivity index (χ4v) is 2.04. The van der Waals surface area contributed by atoms with Gasteiger partial charge in [-0.1, -0.05) is 6.07 Å². The van der Waals surface area contributed by atoms with Crippen LogP contribution in [0.15, 0.2) is 30.5 Å². The first kappa shape index (κ1) is 20.6. The van der Waals surface area contributed by atoms with Gasteiger partial charge in [0.15, 0.2) is 6.61 Å². The van der Waals surface area contributed by atoms with E-state index in [9.17, 15) is 26.3 Å². The van der Waals surface area contributed by atoms with Crippen LogP contribution in [0.4, 0.5) is 38.0 Å². The number of hydrogen-bond acceptors (Lipinski definition) is 5. The quantitative estimate of drug-likeness (QED) is 0.669. The third-order valence-corrected chi connectivity index (χ3v) is 3.23. The summed E-state index contributed by atoms with van der Waals surface area (Å²) in [6.45, 7) is 0.273. The zero-order valence-corrected chi connectivity index (χ0v) is 14.2. The summed E-state index contributed by atoms with van der Waals surface area (Å²) >= 11 is 0. The molecule has 0 N–H and O–H groups in total. The zero-order chi connectivity index (χ0) is 20.2. The Kier molecular flexibility index (Phi) is 6.01. The SMILES string of the molecule is CCOc1cccc(N(C)c2ncc(C(F)(F)F)c(OCC(F)(F)F)n2)c1. The molecule has 0 unspecified atom stereocenters. The number of nitrogens with zero attached hydrogens (tertiary/aromatic N) is 3. The molecular formula is C16H15F6N3O2. The number of ether oxygens (including phenoxy) is 2. The topological polar surface area (TPSA) is 47.5 Å². The lowest BCUT2D eigenvalue weighted by atomic mass is 10.3. The van der Waals surface area contributed by atoms with Gasteiger partial charge in [0.05, 0.1) is 6.61 Å². The van der Waals surface area contributed by atoms with Crippen LogP contribution in [-0.4, -0.2) is 36.4 Å². The Balaban J connectivity index is 2.37. The van der Waals surface area contributed by atoms with Crippen LogP contribution >= 0.6 is 0 Å². The Bertz CT molecular complexity index is 779. The molecule has 2 aromatic rings. The van der Waals surface area contributed by atoms with E-state index in [2.05, 4.69) is 14.7 Å². The molecule has 0 bridgehead atoms. The van der Waals surface area contributed by atoms with Gasteiger partial charge in [-0.25, -0.2) is 4.98 Å². The van der Waals surface area contributed by atoms with Crippen molar-refractivity contribution in [3.63, 3.8) is 0 Å². The van der Waals surface area contributed by atoms with Crippen molar-refractivity contribution in [1.29, 1.82) is 0 Å². The standard InChI is InChI=1S/C16H15F6N3O2/c1-3-26-11-6-4-5-10(7-11)25(2)14-23-8-12(16(20,21)22)13(24-14)27-9-15(17,18)19/h4-8H,3,9H2,1-2H3. The zero-order valence-electron chi connectivity index (χ0n) is 14.2. The first-order valence-electron chi connectivity index (χ1n) is 7.61. The molecule has 0 atom stereocenters. The minimum atomic E-state index is -4.97. The fraction of sp³-hybridized carbons (Fsp3) is 0.375. The monoisotopic (exact) mass is 395 g/mol. The van der Waals surface area contributed by atoms with Crippen LogP contribution < -0.4 is 14.4 Å². The molecule has 0 aliphatic heterocycles. The Morgan fingerprint density at radius 2 is 1.78 bits per heavy atom. The molecule has 0 aliphatic rings. The molecule has 1 aromatic carbocycles. The van der Waals surface area contributed by atoms with Gasteiger partial charge in [-0.2, -0.15) is 31.3 Å². The molecule has 0 amide bonds. The normalized spacial score (nSPS) is 12.0. The van der Waals surface area contributed by atoms with E-state index in [-0.39, 0.29) is 5.95 Å². The maximum atomic E-state index is 13.0. The maximum absolute atomic E-state index is 13.0. The van der Waals surface area contributed by atoms with Gasteiger partial charge < -0.3 is 14.4 Å². The molecule has 0 fully saturated rings. The Hall–Kier alpha value is -2.72. The third-order valence-electron chi connectivity index (χ3n) is 3.23. The van der Waals surface area contributed by atoms with Crippen molar-refractivity contribution in [2.45, 2.75) is 19.3 Å².